The summed E-state index contributed by atoms with van der Waals surface area (Å²) in [5.41, 5.74) is 1.03. The number of amides is 2. The molecule has 1 aromatic rings. The van der Waals surface area contributed by atoms with E-state index in [1.165, 1.54) is 4.90 Å². The Bertz CT molecular complexity index is 840. The molecule has 1 N–H and O–H groups in total. The van der Waals surface area contributed by atoms with Crippen LogP contribution >= 0.6 is 11.6 Å². The smallest absolute Gasteiger partial charge is 0.317 e. The third kappa shape index (κ3) is 5.54. The average molecular weight is 412 g/mol. The van der Waals surface area contributed by atoms with Gasteiger partial charge >= 0.3 is 6.03 Å². The lowest BCUT2D eigenvalue weighted by molar-refractivity contribution is 0.194. The molecule has 0 radical (unpaired) electrons. The van der Waals surface area contributed by atoms with Gasteiger partial charge in [-0.15, -0.1) is 0 Å². The number of nitrogens with zero attached hydrogens (tertiary/aromatic N) is 3. The Hall–Kier alpha value is -1.46. The molecule has 2 fully saturated rings. The highest BCUT2D eigenvalue weighted by Gasteiger charge is 2.24. The monoisotopic (exact) mass is 411 g/mol. The van der Waals surface area contributed by atoms with Crippen LogP contribution in [-0.2, 0) is 0 Å². The fourth-order valence-electron chi connectivity index (χ4n) is 3.82. The maximum absolute atomic E-state index is 11.9. The van der Waals surface area contributed by atoms with Crippen LogP contribution in [0.15, 0.2) is 18.1 Å². The molecule has 0 spiro atoms. The number of carbonyl (C=O) groups is 1. The molecule has 1 saturated heterocycles. The van der Waals surface area contributed by atoms with Crippen LogP contribution in [0.1, 0.15) is 44.5 Å². The van der Waals surface area contributed by atoms with Crippen molar-refractivity contribution in [2.75, 3.05) is 51.7 Å². The predicted molar refractivity (Wildman–Crippen MR) is 117 cm³/mol. The summed E-state index contributed by atoms with van der Waals surface area (Å²) in [5.74, 6) is -0.0320. The van der Waals surface area contributed by atoms with Gasteiger partial charge in [0.05, 0.1) is 14.8 Å². The molecule has 6 heteroatoms. The maximum Gasteiger partial charge on any atom is 0.317 e. The van der Waals surface area contributed by atoms with Gasteiger partial charge in [-0.3, -0.25) is 4.90 Å². The topological polar surface area (TPSA) is 38.8 Å². The first kappa shape index (κ1) is 15.4. The van der Waals surface area contributed by atoms with Crippen molar-refractivity contribution < 1.29 is 11.6 Å². The van der Waals surface area contributed by atoms with Crippen LogP contribution in [0.5, 0.6) is 0 Å². The summed E-state index contributed by atoms with van der Waals surface area (Å²) >= 11 is 6.45. The van der Waals surface area contributed by atoms with E-state index in [0.717, 1.165) is 25.7 Å². The van der Waals surface area contributed by atoms with E-state index in [0.29, 0.717) is 49.0 Å². The number of hydrogen-bond acceptors (Lipinski definition) is 3. The number of anilines is 1. The Balaban J connectivity index is 1.55. The Kier molecular flexibility index (Phi) is 5.41. The molecule has 1 aliphatic carbocycles. The second kappa shape index (κ2) is 9.84. The molecule has 1 heterocycles. The second-order valence-corrected chi connectivity index (χ2v) is 8.40. The highest BCUT2D eigenvalue weighted by atomic mass is 35.5. The molecule has 2 amide bonds. The molecule has 0 bridgehead atoms. The predicted octanol–water partition coefficient (Wildman–Crippen LogP) is 3.99. The summed E-state index contributed by atoms with van der Waals surface area (Å²) in [7, 11) is 3.44. The summed E-state index contributed by atoms with van der Waals surface area (Å²) in [5, 5.41) is 3.37. The summed E-state index contributed by atoms with van der Waals surface area (Å²) in [6.07, 6.45) is 1.79. The molecule has 1 aromatic carbocycles. The number of halogens is 1. The minimum atomic E-state index is -1.31. The fraction of sp³-hybridized carbons (Fsp3) is 0.682. The largest absolute Gasteiger partial charge is 0.368 e. The standard InChI is InChI=1S/C22H35ClN4O/c1-17-5-4-6-20(21(17)23)27-15-13-26(14-16-27)12-11-18-7-9-19(10-8-18)24-22(28)25(2)3/h4-6,18-19H,7-16H2,1-3H3,(H,24,28)/t18-,19-/i4D,5D,6D,11D2. The number of urea groups is 1. The number of benzene rings is 1. The van der Waals surface area contributed by atoms with E-state index < -0.39 is 6.37 Å². The van der Waals surface area contributed by atoms with Crippen LogP contribution in [0.25, 0.3) is 0 Å². The minimum absolute atomic E-state index is 0.00316. The normalized spacial score (nSPS) is 26.6. The molecule has 1 aliphatic heterocycles. The van der Waals surface area contributed by atoms with Crippen molar-refractivity contribution in [1.82, 2.24) is 15.1 Å². The molecule has 0 atom stereocenters. The zero-order valence-corrected chi connectivity index (χ0v) is 17.9. The van der Waals surface area contributed by atoms with E-state index in [2.05, 4.69) is 10.2 Å². The first-order chi connectivity index (χ1) is 15.4. The van der Waals surface area contributed by atoms with E-state index in [4.69, 9.17) is 18.5 Å². The van der Waals surface area contributed by atoms with Crippen LogP contribution in [0.3, 0.4) is 0 Å². The van der Waals surface area contributed by atoms with Gasteiger partial charge in [-0.05, 0) is 63.0 Å². The van der Waals surface area contributed by atoms with Crippen LogP contribution in [-0.4, -0.2) is 68.7 Å². The van der Waals surface area contributed by atoms with Crippen LogP contribution in [0, 0.1) is 12.8 Å². The van der Waals surface area contributed by atoms with Gasteiger partial charge in [0.2, 0.25) is 0 Å². The maximum atomic E-state index is 11.9. The highest BCUT2D eigenvalue weighted by molar-refractivity contribution is 6.34. The number of hydrogen-bond donors (Lipinski definition) is 1. The van der Waals surface area contributed by atoms with Crippen molar-refractivity contribution in [3.63, 3.8) is 0 Å². The van der Waals surface area contributed by atoms with Crippen molar-refractivity contribution in [2.45, 2.75) is 45.0 Å². The van der Waals surface area contributed by atoms with E-state index in [-0.39, 0.29) is 36.1 Å². The molecule has 0 aromatic heterocycles. The SMILES string of the molecule is [2H]c1c([2H])c(C)c(Cl)c(N2CCN(CC([2H])([2H])[C@H]3CC[C@H](NC(=O)N(C)C)CC3)CC2)c1[2H]. The molecule has 1 saturated carbocycles. The summed E-state index contributed by atoms with van der Waals surface area (Å²) in [4.78, 5) is 17.5. The number of rotatable bonds is 5. The number of piperazine rings is 1. The zero-order valence-electron chi connectivity index (χ0n) is 22.1. The summed E-state index contributed by atoms with van der Waals surface area (Å²) < 4.78 is 41.7. The number of carbonyl (C=O) groups excluding carboxylic acids is 1. The zero-order chi connectivity index (χ0) is 24.5. The fourth-order valence-corrected chi connectivity index (χ4v) is 4.04. The van der Waals surface area contributed by atoms with Gasteiger partial charge in [-0.2, -0.15) is 0 Å². The van der Waals surface area contributed by atoms with E-state index in [1.54, 1.807) is 21.0 Å². The molecule has 2 aliphatic rings. The average Bonchev–Trinajstić information content (AvgIpc) is 2.77. The minimum Gasteiger partial charge on any atom is -0.368 e. The lowest BCUT2D eigenvalue weighted by atomic mass is 9.84. The molecular formula is C22H35ClN4O. The Labute approximate surface area is 182 Å². The van der Waals surface area contributed by atoms with Crippen LogP contribution < -0.4 is 10.2 Å². The lowest BCUT2D eigenvalue weighted by Crippen LogP contribution is -2.47. The van der Waals surface area contributed by atoms with Crippen LogP contribution in [0.2, 0.25) is 5.02 Å². The molecule has 28 heavy (non-hydrogen) atoms. The Morgan fingerprint density at radius 3 is 2.57 bits per heavy atom. The summed E-state index contributed by atoms with van der Waals surface area (Å²) in [6, 6.07) is -0.114. The van der Waals surface area contributed by atoms with Crippen LogP contribution in [0.4, 0.5) is 10.5 Å². The van der Waals surface area contributed by atoms with Crippen molar-refractivity contribution in [2.24, 2.45) is 5.92 Å². The van der Waals surface area contributed by atoms with Gasteiger partial charge in [0, 0.05) is 49.1 Å². The molecule has 3 rings (SSSR count). The van der Waals surface area contributed by atoms with E-state index >= 15 is 0 Å². The second-order valence-electron chi connectivity index (χ2n) is 8.02. The Morgan fingerprint density at radius 1 is 1.25 bits per heavy atom. The lowest BCUT2D eigenvalue weighted by Gasteiger charge is -2.37. The van der Waals surface area contributed by atoms with Crippen molar-refractivity contribution in [1.29, 1.82) is 0 Å². The third-order valence-electron chi connectivity index (χ3n) is 5.72. The molecular weight excluding hydrogens is 372 g/mol. The van der Waals surface area contributed by atoms with E-state index in [1.807, 2.05) is 4.90 Å². The van der Waals surface area contributed by atoms with Gasteiger partial charge in [0.15, 0.2) is 0 Å². The molecule has 5 nitrogen and oxygen atoms in total. The molecule has 156 valence electrons. The van der Waals surface area contributed by atoms with Gasteiger partial charge < -0.3 is 15.1 Å². The number of nitrogens with one attached hydrogen (secondary N) is 1. The summed E-state index contributed by atoms with van der Waals surface area (Å²) in [6.45, 7) is 4.56. The van der Waals surface area contributed by atoms with Crippen molar-refractivity contribution >= 4 is 23.3 Å². The third-order valence-corrected chi connectivity index (χ3v) is 6.18. The first-order valence-electron chi connectivity index (χ1n) is 12.6. The van der Waals surface area contributed by atoms with Crippen molar-refractivity contribution in [3.05, 3.63) is 28.7 Å². The highest BCUT2D eigenvalue weighted by Crippen LogP contribution is 2.30. The van der Waals surface area contributed by atoms with Gasteiger partial charge in [0.25, 0.3) is 0 Å². The van der Waals surface area contributed by atoms with Crippen molar-refractivity contribution in [3.8, 4) is 0 Å². The molecule has 0 unspecified atom stereocenters. The van der Waals surface area contributed by atoms with E-state index in [9.17, 15) is 4.79 Å². The first-order valence-corrected chi connectivity index (χ1v) is 10.5. The van der Waals surface area contributed by atoms with Gasteiger partial charge in [0.1, 0.15) is 0 Å². The van der Waals surface area contributed by atoms with Gasteiger partial charge in [-0.1, -0.05) is 23.7 Å². The van der Waals surface area contributed by atoms with Gasteiger partial charge in [-0.25, -0.2) is 4.79 Å². The Morgan fingerprint density at radius 2 is 1.93 bits per heavy atom. The quantitative estimate of drug-likeness (QED) is 0.796.